The number of nitrogens with one attached hydrogen (secondary N) is 1. The number of halogens is 3. The number of rotatable bonds is 5. The van der Waals surface area contributed by atoms with E-state index in [1.807, 2.05) is 20.8 Å². The summed E-state index contributed by atoms with van der Waals surface area (Å²) in [7, 11) is 1.70. The van der Waals surface area contributed by atoms with Gasteiger partial charge in [-0.2, -0.15) is 18.3 Å². The predicted molar refractivity (Wildman–Crippen MR) is 91.2 cm³/mol. The van der Waals surface area contributed by atoms with Gasteiger partial charge in [0.2, 0.25) is 0 Å². The molecule has 142 valence electrons. The van der Waals surface area contributed by atoms with Crippen LogP contribution in [0.1, 0.15) is 42.5 Å². The number of amides is 1. The fraction of sp³-hybridized carbons (Fsp3) is 0.444. The van der Waals surface area contributed by atoms with Gasteiger partial charge in [0.1, 0.15) is 18.1 Å². The Hall–Kier alpha value is -2.51. The summed E-state index contributed by atoms with van der Waals surface area (Å²) in [6.45, 7) is 6.38. The van der Waals surface area contributed by atoms with Crippen LogP contribution >= 0.6 is 0 Å². The molecule has 0 aliphatic carbocycles. The number of benzene rings is 1. The zero-order chi connectivity index (χ0) is 19.5. The molecule has 5 nitrogen and oxygen atoms in total. The molecule has 26 heavy (non-hydrogen) atoms. The topological polar surface area (TPSA) is 56.2 Å². The third-order valence-corrected chi connectivity index (χ3v) is 3.72. The molecule has 2 rings (SSSR count). The summed E-state index contributed by atoms with van der Waals surface area (Å²) in [5, 5.41) is 7.05. The Morgan fingerprint density at radius 1 is 1.19 bits per heavy atom. The fourth-order valence-corrected chi connectivity index (χ4v) is 2.21. The number of alkyl halides is 3. The van der Waals surface area contributed by atoms with Crippen LogP contribution in [0.4, 0.5) is 13.2 Å². The third kappa shape index (κ3) is 5.00. The molecule has 0 aliphatic rings. The molecular formula is C18H22F3N3O2. The molecule has 0 bridgehead atoms. The summed E-state index contributed by atoms with van der Waals surface area (Å²) in [5.41, 5.74) is 0.349. The number of hydrogen-bond acceptors (Lipinski definition) is 3. The first kappa shape index (κ1) is 19.8. The van der Waals surface area contributed by atoms with Crippen molar-refractivity contribution in [3.8, 4) is 5.75 Å². The summed E-state index contributed by atoms with van der Waals surface area (Å²) in [6.07, 6.45) is -4.37. The molecule has 1 amide bonds. The lowest BCUT2D eigenvalue weighted by molar-refractivity contribution is -0.137. The van der Waals surface area contributed by atoms with E-state index >= 15 is 0 Å². The smallest absolute Gasteiger partial charge is 0.416 e. The lowest BCUT2D eigenvalue weighted by atomic mass is 9.92. The first-order chi connectivity index (χ1) is 12.0. The van der Waals surface area contributed by atoms with Crippen LogP contribution < -0.4 is 10.1 Å². The molecule has 0 saturated carbocycles. The van der Waals surface area contributed by atoms with Crippen molar-refractivity contribution in [2.45, 2.75) is 32.4 Å². The highest BCUT2D eigenvalue weighted by Gasteiger charge is 2.30. The van der Waals surface area contributed by atoms with Crippen LogP contribution in [-0.4, -0.2) is 28.8 Å². The van der Waals surface area contributed by atoms with Gasteiger partial charge >= 0.3 is 6.18 Å². The second kappa shape index (κ2) is 7.39. The molecule has 2 aromatic rings. The van der Waals surface area contributed by atoms with E-state index in [0.29, 0.717) is 11.4 Å². The number of aromatic nitrogens is 2. The van der Waals surface area contributed by atoms with Crippen molar-refractivity contribution in [2.75, 3.05) is 13.2 Å². The minimum Gasteiger partial charge on any atom is -0.492 e. The van der Waals surface area contributed by atoms with Gasteiger partial charge in [0, 0.05) is 12.5 Å². The quantitative estimate of drug-likeness (QED) is 0.820. The average molecular weight is 369 g/mol. The molecule has 0 unspecified atom stereocenters. The van der Waals surface area contributed by atoms with Crippen LogP contribution in [0.5, 0.6) is 5.75 Å². The lowest BCUT2D eigenvalue weighted by Gasteiger charge is -2.13. The molecule has 0 atom stereocenters. The highest BCUT2D eigenvalue weighted by atomic mass is 19.4. The van der Waals surface area contributed by atoms with E-state index < -0.39 is 11.7 Å². The third-order valence-electron chi connectivity index (χ3n) is 3.72. The van der Waals surface area contributed by atoms with Gasteiger partial charge in [-0.05, 0) is 30.3 Å². The standard InChI is InChI=1S/C18H22F3N3O2/c1-17(2,3)15-11-14(24(4)23-15)16(25)22-9-10-26-13-7-5-12(6-8-13)18(19,20)21/h5-8,11H,9-10H2,1-4H3,(H,22,25). The zero-order valence-electron chi connectivity index (χ0n) is 15.1. The molecule has 1 N–H and O–H groups in total. The van der Waals surface area contributed by atoms with E-state index in [4.69, 9.17) is 4.74 Å². The van der Waals surface area contributed by atoms with Crippen molar-refractivity contribution in [1.29, 1.82) is 0 Å². The normalized spacial score (nSPS) is 12.1. The van der Waals surface area contributed by atoms with Crippen molar-refractivity contribution in [2.24, 2.45) is 7.05 Å². The van der Waals surface area contributed by atoms with Gasteiger partial charge in [-0.1, -0.05) is 20.8 Å². The maximum Gasteiger partial charge on any atom is 0.416 e. The number of nitrogens with zero attached hydrogens (tertiary/aromatic N) is 2. The van der Waals surface area contributed by atoms with E-state index in [1.54, 1.807) is 13.1 Å². The molecule has 0 radical (unpaired) electrons. The van der Waals surface area contributed by atoms with Crippen LogP contribution in [0.3, 0.4) is 0 Å². The predicted octanol–water partition coefficient (Wildman–Crippen LogP) is 3.55. The van der Waals surface area contributed by atoms with Crippen LogP contribution in [0.25, 0.3) is 0 Å². The highest BCUT2D eigenvalue weighted by Crippen LogP contribution is 2.30. The second-order valence-electron chi connectivity index (χ2n) is 6.91. The Kier molecular flexibility index (Phi) is 5.63. The fourth-order valence-electron chi connectivity index (χ4n) is 2.21. The number of carbonyl (C=O) groups is 1. The maximum absolute atomic E-state index is 12.5. The largest absolute Gasteiger partial charge is 0.492 e. The van der Waals surface area contributed by atoms with Crippen molar-refractivity contribution in [1.82, 2.24) is 15.1 Å². The van der Waals surface area contributed by atoms with Gasteiger partial charge in [0.15, 0.2) is 0 Å². The number of hydrogen-bond donors (Lipinski definition) is 1. The molecule has 0 spiro atoms. The van der Waals surface area contributed by atoms with E-state index in [1.165, 1.54) is 16.8 Å². The van der Waals surface area contributed by atoms with Gasteiger partial charge in [0.25, 0.3) is 5.91 Å². The van der Waals surface area contributed by atoms with Gasteiger partial charge in [-0.3, -0.25) is 9.48 Å². The summed E-state index contributed by atoms with van der Waals surface area (Å²) in [5.74, 6) is 0.0225. The minimum atomic E-state index is -4.37. The number of ether oxygens (including phenoxy) is 1. The van der Waals surface area contributed by atoms with Gasteiger partial charge in [-0.15, -0.1) is 0 Å². The highest BCUT2D eigenvalue weighted by molar-refractivity contribution is 5.92. The minimum absolute atomic E-state index is 0.140. The Labute approximate surface area is 150 Å². The van der Waals surface area contributed by atoms with Crippen LogP contribution in [0.15, 0.2) is 30.3 Å². The van der Waals surface area contributed by atoms with E-state index in [0.717, 1.165) is 17.8 Å². The molecule has 1 aromatic carbocycles. The Balaban J connectivity index is 1.85. The van der Waals surface area contributed by atoms with Crippen molar-refractivity contribution in [3.63, 3.8) is 0 Å². The Bertz CT molecular complexity index is 759. The average Bonchev–Trinajstić information content (AvgIpc) is 2.93. The summed E-state index contributed by atoms with van der Waals surface area (Å²) >= 11 is 0. The van der Waals surface area contributed by atoms with Gasteiger partial charge in [0.05, 0.1) is 17.8 Å². The first-order valence-corrected chi connectivity index (χ1v) is 8.11. The molecule has 1 heterocycles. The number of aryl methyl sites for hydroxylation is 1. The summed E-state index contributed by atoms with van der Waals surface area (Å²) < 4.78 is 44.3. The summed E-state index contributed by atoms with van der Waals surface area (Å²) in [4.78, 5) is 12.2. The first-order valence-electron chi connectivity index (χ1n) is 8.11. The maximum atomic E-state index is 12.5. The molecule has 8 heteroatoms. The van der Waals surface area contributed by atoms with Crippen molar-refractivity contribution in [3.05, 3.63) is 47.3 Å². The molecule has 0 fully saturated rings. The molecular weight excluding hydrogens is 347 g/mol. The van der Waals surface area contributed by atoms with Crippen LogP contribution in [-0.2, 0) is 18.6 Å². The number of carbonyl (C=O) groups excluding carboxylic acids is 1. The Morgan fingerprint density at radius 2 is 1.81 bits per heavy atom. The summed E-state index contributed by atoms with van der Waals surface area (Å²) in [6, 6.07) is 6.16. The van der Waals surface area contributed by atoms with Gasteiger partial charge in [-0.25, -0.2) is 0 Å². The van der Waals surface area contributed by atoms with Gasteiger partial charge < -0.3 is 10.1 Å². The Morgan fingerprint density at radius 3 is 2.31 bits per heavy atom. The van der Waals surface area contributed by atoms with E-state index in [9.17, 15) is 18.0 Å². The molecule has 1 aromatic heterocycles. The lowest BCUT2D eigenvalue weighted by Crippen LogP contribution is -2.29. The SMILES string of the molecule is Cn1nc(C(C)(C)C)cc1C(=O)NCCOc1ccc(C(F)(F)F)cc1. The van der Waals surface area contributed by atoms with E-state index in [2.05, 4.69) is 10.4 Å². The monoisotopic (exact) mass is 369 g/mol. The van der Waals surface area contributed by atoms with E-state index in [-0.39, 0.29) is 24.5 Å². The second-order valence-corrected chi connectivity index (χ2v) is 6.91. The van der Waals surface area contributed by atoms with Crippen molar-refractivity contribution < 1.29 is 22.7 Å². The van der Waals surface area contributed by atoms with Crippen LogP contribution in [0, 0.1) is 0 Å². The van der Waals surface area contributed by atoms with Crippen molar-refractivity contribution >= 4 is 5.91 Å². The molecule has 0 aliphatic heterocycles. The molecule has 0 saturated heterocycles. The van der Waals surface area contributed by atoms with Crippen LogP contribution in [0.2, 0.25) is 0 Å². The zero-order valence-corrected chi connectivity index (χ0v) is 15.1.